The van der Waals surface area contributed by atoms with Crippen molar-refractivity contribution in [1.29, 1.82) is 5.26 Å². The Bertz CT molecular complexity index is 274. The normalized spacial score (nSPS) is 8.14. The van der Waals surface area contributed by atoms with Crippen molar-refractivity contribution in [2.75, 3.05) is 6.61 Å². The fourth-order valence-corrected chi connectivity index (χ4v) is 0.807. The summed E-state index contributed by atoms with van der Waals surface area (Å²) in [5, 5.41) is 16.9. The number of benzene rings is 1. The lowest BCUT2D eigenvalue weighted by molar-refractivity contribution is 0.281. The molecule has 1 N–H and O–H groups in total. The van der Waals surface area contributed by atoms with Gasteiger partial charge in [0.05, 0.1) is 6.61 Å². The molecule has 0 saturated heterocycles. The molecule has 1 aromatic carbocycles. The van der Waals surface area contributed by atoms with Gasteiger partial charge in [-0.2, -0.15) is 5.26 Å². The van der Waals surface area contributed by atoms with E-state index in [4.69, 9.17) is 15.1 Å². The van der Waals surface area contributed by atoms with Crippen molar-refractivity contribution >= 4 is 0 Å². The summed E-state index contributed by atoms with van der Waals surface area (Å²) < 4.78 is 5.01. The van der Waals surface area contributed by atoms with E-state index in [-0.39, 0.29) is 13.2 Å². The third kappa shape index (κ3) is 4.48. The fourth-order valence-electron chi connectivity index (χ4n) is 0.807. The molecule has 14 heavy (non-hydrogen) atoms. The smallest absolute Gasteiger partial charge is 0.174 e. The van der Waals surface area contributed by atoms with E-state index in [2.05, 4.69) is 0 Å². The molecule has 0 aliphatic rings. The van der Waals surface area contributed by atoms with Crippen LogP contribution in [0, 0.1) is 11.3 Å². The predicted molar refractivity (Wildman–Crippen MR) is 54.8 cm³/mol. The predicted octanol–water partition coefficient (Wildman–Crippen LogP) is 2.11. The van der Waals surface area contributed by atoms with Crippen LogP contribution in [0.15, 0.2) is 24.3 Å². The lowest BCUT2D eigenvalue weighted by atomic mass is 10.2. The van der Waals surface area contributed by atoms with Gasteiger partial charge in [-0.15, -0.1) is 0 Å². The van der Waals surface area contributed by atoms with Crippen LogP contribution < -0.4 is 4.74 Å². The topological polar surface area (TPSA) is 53.2 Å². The summed E-state index contributed by atoms with van der Waals surface area (Å²) >= 11 is 0. The van der Waals surface area contributed by atoms with Crippen LogP contribution in [0.3, 0.4) is 0 Å². The second-order valence-corrected chi connectivity index (χ2v) is 2.25. The summed E-state index contributed by atoms with van der Waals surface area (Å²) in [6, 6.07) is 8.84. The van der Waals surface area contributed by atoms with Crippen molar-refractivity contribution in [3.8, 4) is 11.8 Å². The Morgan fingerprint density at radius 2 is 1.86 bits per heavy atom. The van der Waals surface area contributed by atoms with Gasteiger partial charge in [-0.3, -0.25) is 0 Å². The maximum Gasteiger partial charge on any atom is 0.174 e. The molecule has 0 aromatic heterocycles. The monoisotopic (exact) mass is 193 g/mol. The van der Waals surface area contributed by atoms with E-state index in [1.54, 1.807) is 24.3 Å². The molecular weight excluding hydrogens is 178 g/mol. The molecule has 1 rings (SSSR count). The summed E-state index contributed by atoms with van der Waals surface area (Å²) in [6.07, 6.45) is 0. The highest BCUT2D eigenvalue weighted by Crippen LogP contribution is 2.11. The zero-order chi connectivity index (χ0) is 10.8. The van der Waals surface area contributed by atoms with Crippen LogP contribution >= 0.6 is 0 Å². The minimum Gasteiger partial charge on any atom is -0.479 e. The van der Waals surface area contributed by atoms with Gasteiger partial charge in [0.15, 0.2) is 6.61 Å². The summed E-state index contributed by atoms with van der Waals surface area (Å²) in [5.41, 5.74) is 0.833. The molecule has 3 heteroatoms. The average molecular weight is 193 g/mol. The molecule has 0 aliphatic carbocycles. The molecule has 0 bridgehead atoms. The number of aliphatic hydroxyl groups is 1. The Morgan fingerprint density at radius 1 is 1.29 bits per heavy atom. The zero-order valence-electron chi connectivity index (χ0n) is 8.53. The van der Waals surface area contributed by atoms with Gasteiger partial charge in [0.2, 0.25) is 0 Å². The number of hydrogen-bond donors (Lipinski definition) is 1. The molecular formula is C11H15NO2. The Morgan fingerprint density at radius 3 is 2.29 bits per heavy atom. The SMILES string of the molecule is CC.N#CCOc1ccc(CO)cc1. The van der Waals surface area contributed by atoms with Crippen LogP contribution in [0.5, 0.6) is 5.75 Å². The Balaban J connectivity index is 0.000000791. The van der Waals surface area contributed by atoms with E-state index in [0.29, 0.717) is 5.75 Å². The highest BCUT2D eigenvalue weighted by molar-refractivity contribution is 5.26. The van der Waals surface area contributed by atoms with Crippen LogP contribution in [0.1, 0.15) is 19.4 Å². The van der Waals surface area contributed by atoms with E-state index >= 15 is 0 Å². The summed E-state index contributed by atoms with van der Waals surface area (Å²) in [5.74, 6) is 0.647. The molecule has 76 valence electrons. The van der Waals surface area contributed by atoms with Crippen molar-refractivity contribution in [3.63, 3.8) is 0 Å². The van der Waals surface area contributed by atoms with E-state index in [1.807, 2.05) is 19.9 Å². The van der Waals surface area contributed by atoms with Gasteiger partial charge in [0.1, 0.15) is 11.8 Å². The first-order chi connectivity index (χ1) is 6.86. The van der Waals surface area contributed by atoms with Crippen molar-refractivity contribution in [2.45, 2.75) is 20.5 Å². The van der Waals surface area contributed by atoms with Crippen LogP contribution in [-0.4, -0.2) is 11.7 Å². The molecule has 0 radical (unpaired) electrons. The number of aliphatic hydroxyl groups excluding tert-OH is 1. The first-order valence-corrected chi connectivity index (χ1v) is 4.56. The largest absolute Gasteiger partial charge is 0.479 e. The highest BCUT2D eigenvalue weighted by atomic mass is 16.5. The minimum atomic E-state index is 0.0263. The third-order valence-electron chi connectivity index (χ3n) is 1.41. The Kier molecular flexibility index (Phi) is 7.20. The Labute approximate surface area is 84.6 Å². The maximum absolute atomic E-state index is 8.71. The van der Waals surface area contributed by atoms with Crippen molar-refractivity contribution in [3.05, 3.63) is 29.8 Å². The number of rotatable bonds is 3. The van der Waals surface area contributed by atoms with Gasteiger partial charge in [-0.05, 0) is 17.7 Å². The highest BCUT2D eigenvalue weighted by Gasteiger charge is 1.92. The quantitative estimate of drug-likeness (QED) is 0.799. The zero-order valence-corrected chi connectivity index (χ0v) is 8.53. The second-order valence-electron chi connectivity index (χ2n) is 2.25. The van der Waals surface area contributed by atoms with Gasteiger partial charge in [-0.25, -0.2) is 0 Å². The van der Waals surface area contributed by atoms with Crippen LogP contribution in [0.2, 0.25) is 0 Å². The standard InChI is InChI=1S/C9H9NO2.C2H6/c10-5-6-12-9-3-1-8(7-11)2-4-9;1-2/h1-4,11H,6-7H2;1-2H3. The van der Waals surface area contributed by atoms with E-state index in [9.17, 15) is 0 Å². The average Bonchev–Trinajstić information content (AvgIpc) is 2.30. The van der Waals surface area contributed by atoms with Crippen LogP contribution in [0.4, 0.5) is 0 Å². The number of nitriles is 1. The van der Waals surface area contributed by atoms with Gasteiger partial charge < -0.3 is 9.84 Å². The van der Waals surface area contributed by atoms with Crippen molar-refractivity contribution in [1.82, 2.24) is 0 Å². The number of nitrogens with zero attached hydrogens (tertiary/aromatic N) is 1. The first-order valence-electron chi connectivity index (χ1n) is 4.56. The first kappa shape index (κ1) is 12.5. The number of hydrogen-bond acceptors (Lipinski definition) is 3. The molecule has 0 aliphatic heterocycles. The molecule has 0 fully saturated rings. The molecule has 0 heterocycles. The van der Waals surface area contributed by atoms with E-state index in [0.717, 1.165) is 5.56 Å². The van der Waals surface area contributed by atoms with Crippen molar-refractivity contribution < 1.29 is 9.84 Å². The second kappa shape index (κ2) is 8.09. The molecule has 0 saturated carbocycles. The van der Waals surface area contributed by atoms with Crippen LogP contribution in [-0.2, 0) is 6.61 Å². The van der Waals surface area contributed by atoms with Gasteiger partial charge in [0.25, 0.3) is 0 Å². The van der Waals surface area contributed by atoms with Gasteiger partial charge in [-0.1, -0.05) is 26.0 Å². The Hall–Kier alpha value is -1.53. The fraction of sp³-hybridized carbons (Fsp3) is 0.364. The van der Waals surface area contributed by atoms with Crippen LogP contribution in [0.25, 0.3) is 0 Å². The van der Waals surface area contributed by atoms with E-state index < -0.39 is 0 Å². The molecule has 3 nitrogen and oxygen atoms in total. The maximum atomic E-state index is 8.71. The molecule has 0 spiro atoms. The number of ether oxygens (including phenoxy) is 1. The lowest BCUT2D eigenvalue weighted by Gasteiger charge is -2.01. The molecule has 0 atom stereocenters. The van der Waals surface area contributed by atoms with Gasteiger partial charge in [0, 0.05) is 0 Å². The summed E-state index contributed by atoms with van der Waals surface area (Å²) in [6.45, 7) is 4.08. The van der Waals surface area contributed by atoms with E-state index in [1.165, 1.54) is 0 Å². The summed E-state index contributed by atoms with van der Waals surface area (Å²) in [7, 11) is 0. The van der Waals surface area contributed by atoms with Crippen molar-refractivity contribution in [2.24, 2.45) is 0 Å². The molecule has 0 amide bonds. The third-order valence-corrected chi connectivity index (χ3v) is 1.41. The van der Waals surface area contributed by atoms with Gasteiger partial charge >= 0.3 is 0 Å². The minimum absolute atomic E-state index is 0.0263. The lowest BCUT2D eigenvalue weighted by Crippen LogP contribution is -1.93. The molecule has 0 unspecified atom stereocenters. The molecule has 1 aromatic rings. The summed E-state index contributed by atoms with van der Waals surface area (Å²) in [4.78, 5) is 0.